The number of aliphatic hydroxyl groups is 1. The van der Waals surface area contributed by atoms with E-state index < -0.39 is 23.9 Å². The van der Waals surface area contributed by atoms with Crippen LogP contribution in [0.1, 0.15) is 46.1 Å². The molecule has 1 atom stereocenters. The van der Waals surface area contributed by atoms with Gasteiger partial charge in [-0.05, 0) is 51.6 Å². The fraction of sp³-hybridized carbons (Fsp3) is 0.611. The van der Waals surface area contributed by atoms with Crippen LogP contribution in [0.2, 0.25) is 0 Å². The quantitative estimate of drug-likeness (QED) is 0.833. The summed E-state index contributed by atoms with van der Waals surface area (Å²) in [5.41, 5.74) is -0.893. The summed E-state index contributed by atoms with van der Waals surface area (Å²) < 4.78 is 12.1. The normalized spacial score (nSPS) is 29.2. The van der Waals surface area contributed by atoms with Gasteiger partial charge in [0.25, 0.3) is 5.91 Å². The van der Waals surface area contributed by atoms with Gasteiger partial charge in [-0.1, -0.05) is 24.3 Å². The summed E-state index contributed by atoms with van der Waals surface area (Å²) >= 11 is 0. The van der Waals surface area contributed by atoms with Gasteiger partial charge in [0.05, 0.1) is 11.2 Å². The van der Waals surface area contributed by atoms with E-state index in [1.54, 1.807) is 18.0 Å². The number of carbonyl (C=O) groups excluding carboxylic acids is 1. The Morgan fingerprint density at radius 1 is 1.17 bits per heavy atom. The highest BCUT2D eigenvalue weighted by Crippen LogP contribution is 2.37. The van der Waals surface area contributed by atoms with Crippen molar-refractivity contribution in [1.82, 2.24) is 4.90 Å². The first kappa shape index (κ1) is 17.5. The maximum atomic E-state index is 12.5. The van der Waals surface area contributed by atoms with Crippen molar-refractivity contribution in [2.24, 2.45) is 0 Å². The lowest BCUT2D eigenvalue weighted by molar-refractivity contribution is -0.156. The van der Waals surface area contributed by atoms with E-state index in [9.17, 15) is 9.90 Å². The second kappa shape index (κ2) is 5.58. The standard InChI is InChI=1S/C18H26BNO4/c1-16(2)17(3,4)24-19(23-16)14-9-6-8-13(12-14)18(22)10-7-11-20(5)15(18)21/h6,8-9,12,22H,7,10-11H2,1-5H3/t18-/m1/s1. The van der Waals surface area contributed by atoms with Crippen molar-refractivity contribution in [3.05, 3.63) is 29.8 Å². The van der Waals surface area contributed by atoms with Gasteiger partial charge in [-0.25, -0.2) is 0 Å². The average molecular weight is 331 g/mol. The highest BCUT2D eigenvalue weighted by Gasteiger charge is 2.52. The zero-order valence-electron chi connectivity index (χ0n) is 15.1. The van der Waals surface area contributed by atoms with Crippen LogP contribution in [0, 0.1) is 0 Å². The number of likely N-dealkylation sites (N-methyl/N-ethyl adjacent to an activating group) is 1. The number of likely N-dealkylation sites (tertiary alicyclic amines) is 1. The van der Waals surface area contributed by atoms with Crippen LogP contribution in [-0.2, 0) is 19.7 Å². The predicted molar refractivity (Wildman–Crippen MR) is 92.9 cm³/mol. The summed E-state index contributed by atoms with van der Waals surface area (Å²) in [5.74, 6) is -0.250. The van der Waals surface area contributed by atoms with Crippen molar-refractivity contribution in [3.8, 4) is 0 Å². The first-order valence-electron chi connectivity index (χ1n) is 8.51. The molecule has 5 nitrogen and oxygen atoms in total. The first-order chi connectivity index (χ1) is 11.1. The van der Waals surface area contributed by atoms with Crippen molar-refractivity contribution in [2.45, 2.75) is 57.3 Å². The van der Waals surface area contributed by atoms with Gasteiger partial charge in [-0.15, -0.1) is 0 Å². The van der Waals surface area contributed by atoms with E-state index in [0.29, 0.717) is 18.5 Å². The Morgan fingerprint density at radius 3 is 2.42 bits per heavy atom. The molecule has 0 radical (unpaired) electrons. The Morgan fingerprint density at radius 2 is 1.79 bits per heavy atom. The van der Waals surface area contributed by atoms with E-state index in [-0.39, 0.29) is 5.91 Å². The van der Waals surface area contributed by atoms with E-state index >= 15 is 0 Å². The SMILES string of the molecule is CN1CCC[C@@](O)(c2cccc(B3OC(C)(C)C(C)(C)O3)c2)C1=O. The first-order valence-corrected chi connectivity index (χ1v) is 8.51. The molecule has 0 unspecified atom stereocenters. The molecule has 2 fully saturated rings. The molecule has 1 amide bonds. The summed E-state index contributed by atoms with van der Waals surface area (Å²) in [6.45, 7) is 8.69. The van der Waals surface area contributed by atoms with Gasteiger partial charge in [0.1, 0.15) is 0 Å². The minimum absolute atomic E-state index is 0.250. The second-order valence-electron chi connectivity index (χ2n) is 7.90. The maximum Gasteiger partial charge on any atom is 0.494 e. The Balaban J connectivity index is 1.92. The van der Waals surface area contributed by atoms with Crippen molar-refractivity contribution in [1.29, 1.82) is 0 Å². The number of nitrogens with zero attached hydrogens (tertiary/aromatic N) is 1. The Labute approximate surface area is 144 Å². The van der Waals surface area contributed by atoms with Crippen LogP contribution >= 0.6 is 0 Å². The molecule has 0 bridgehead atoms. The van der Waals surface area contributed by atoms with Crippen LogP contribution in [-0.4, -0.2) is 47.8 Å². The zero-order chi connectivity index (χ0) is 17.8. The van der Waals surface area contributed by atoms with Crippen LogP contribution in [0.25, 0.3) is 0 Å². The molecule has 0 aromatic heterocycles. The highest BCUT2D eigenvalue weighted by molar-refractivity contribution is 6.62. The van der Waals surface area contributed by atoms with E-state index in [4.69, 9.17) is 9.31 Å². The fourth-order valence-corrected chi connectivity index (χ4v) is 3.29. The molecule has 0 spiro atoms. The minimum atomic E-state index is -1.47. The lowest BCUT2D eigenvalue weighted by atomic mass is 9.75. The third kappa shape index (κ3) is 2.67. The van der Waals surface area contributed by atoms with E-state index in [1.165, 1.54) is 0 Å². The zero-order valence-corrected chi connectivity index (χ0v) is 15.1. The van der Waals surface area contributed by atoms with Gasteiger partial charge in [0, 0.05) is 13.6 Å². The molecule has 2 heterocycles. The van der Waals surface area contributed by atoms with E-state index in [0.717, 1.165) is 11.9 Å². The van der Waals surface area contributed by atoms with Gasteiger partial charge in [0.15, 0.2) is 5.60 Å². The summed E-state index contributed by atoms with van der Waals surface area (Å²) in [5, 5.41) is 11.0. The summed E-state index contributed by atoms with van der Waals surface area (Å²) in [7, 11) is 1.22. The number of hydrogen-bond donors (Lipinski definition) is 1. The minimum Gasteiger partial charge on any atom is -0.399 e. The van der Waals surface area contributed by atoms with Crippen LogP contribution in [0.3, 0.4) is 0 Å². The number of amides is 1. The lowest BCUT2D eigenvalue weighted by Crippen LogP contribution is -2.50. The third-order valence-electron chi connectivity index (χ3n) is 5.62. The van der Waals surface area contributed by atoms with Crippen molar-refractivity contribution in [3.63, 3.8) is 0 Å². The number of rotatable bonds is 2. The highest BCUT2D eigenvalue weighted by atomic mass is 16.7. The predicted octanol–water partition coefficient (Wildman–Crippen LogP) is 1.43. The Kier molecular flexibility index (Phi) is 4.06. The monoisotopic (exact) mass is 331 g/mol. The largest absolute Gasteiger partial charge is 0.494 e. The molecule has 0 aliphatic carbocycles. The van der Waals surface area contributed by atoms with Gasteiger partial charge in [-0.3, -0.25) is 4.79 Å². The topological polar surface area (TPSA) is 59.0 Å². The van der Waals surface area contributed by atoms with Gasteiger partial charge in [-0.2, -0.15) is 0 Å². The number of benzene rings is 1. The molecule has 6 heteroatoms. The maximum absolute atomic E-state index is 12.5. The second-order valence-corrected chi connectivity index (χ2v) is 7.90. The Hall–Kier alpha value is -1.37. The van der Waals surface area contributed by atoms with Gasteiger partial charge >= 0.3 is 7.12 Å². The van der Waals surface area contributed by atoms with Crippen molar-refractivity contribution < 1.29 is 19.2 Å². The molecular weight excluding hydrogens is 305 g/mol. The van der Waals surface area contributed by atoms with E-state index in [2.05, 4.69) is 0 Å². The number of hydrogen-bond acceptors (Lipinski definition) is 4. The Bertz CT molecular complexity index is 644. The van der Waals surface area contributed by atoms with Crippen LogP contribution in [0.5, 0.6) is 0 Å². The molecule has 2 aliphatic rings. The molecular formula is C18H26BNO4. The molecule has 1 aromatic rings. The number of piperidine rings is 1. The number of carbonyl (C=O) groups is 1. The summed E-state index contributed by atoms with van der Waals surface area (Å²) in [4.78, 5) is 14.1. The summed E-state index contributed by atoms with van der Waals surface area (Å²) in [6, 6.07) is 7.38. The lowest BCUT2D eigenvalue weighted by Gasteiger charge is -2.36. The van der Waals surface area contributed by atoms with Gasteiger partial charge < -0.3 is 19.3 Å². The molecule has 1 N–H and O–H groups in total. The molecule has 2 aliphatic heterocycles. The molecule has 3 rings (SSSR count). The summed E-state index contributed by atoms with van der Waals surface area (Å²) in [6.07, 6.45) is 1.21. The molecule has 1 aromatic carbocycles. The van der Waals surface area contributed by atoms with Crippen molar-refractivity contribution >= 4 is 18.5 Å². The van der Waals surface area contributed by atoms with Crippen LogP contribution in [0.15, 0.2) is 24.3 Å². The van der Waals surface area contributed by atoms with Crippen molar-refractivity contribution in [2.75, 3.05) is 13.6 Å². The van der Waals surface area contributed by atoms with Gasteiger partial charge in [0.2, 0.25) is 0 Å². The van der Waals surface area contributed by atoms with Crippen LogP contribution in [0.4, 0.5) is 0 Å². The molecule has 0 saturated carbocycles. The van der Waals surface area contributed by atoms with E-state index in [1.807, 2.05) is 45.9 Å². The van der Waals surface area contributed by atoms with Crippen LogP contribution < -0.4 is 5.46 Å². The average Bonchev–Trinajstić information content (AvgIpc) is 2.73. The molecule has 2 saturated heterocycles. The third-order valence-corrected chi connectivity index (χ3v) is 5.62. The molecule has 130 valence electrons. The fourth-order valence-electron chi connectivity index (χ4n) is 3.29. The smallest absolute Gasteiger partial charge is 0.399 e. The molecule has 24 heavy (non-hydrogen) atoms.